The van der Waals surface area contributed by atoms with Gasteiger partial charge in [0.2, 0.25) is 0 Å². The van der Waals surface area contributed by atoms with Crippen LogP contribution >= 0.6 is 0 Å². The van der Waals surface area contributed by atoms with E-state index in [-0.39, 0.29) is 0 Å². The van der Waals surface area contributed by atoms with Crippen molar-refractivity contribution >= 4 is 0 Å². The van der Waals surface area contributed by atoms with Crippen LogP contribution in [0.2, 0.25) is 0 Å². The zero-order chi connectivity index (χ0) is 14.0. The molecule has 1 nitrogen and oxygen atoms in total. The average molecular weight is 265 g/mol. The molecule has 0 amide bonds. The number of nitrogens with two attached hydrogens (primary N) is 1. The van der Waals surface area contributed by atoms with E-state index < -0.39 is 11.7 Å². The van der Waals surface area contributed by atoms with E-state index in [1.807, 2.05) is 25.1 Å². The largest absolute Gasteiger partial charge is 0.416 e. The molecule has 0 heterocycles. The summed E-state index contributed by atoms with van der Waals surface area (Å²) in [5.41, 5.74) is 8.10. The van der Waals surface area contributed by atoms with Crippen LogP contribution in [-0.2, 0) is 12.7 Å². The standard InChI is InChI=1S/C15H14F3N/c1-10-5-6-11(9-19)7-14(10)12-3-2-4-13(8-12)15(16,17)18/h2-8H,9,19H2,1H3. The number of benzene rings is 2. The summed E-state index contributed by atoms with van der Waals surface area (Å²) in [6, 6.07) is 10.9. The molecule has 0 radical (unpaired) electrons. The topological polar surface area (TPSA) is 26.0 Å². The summed E-state index contributed by atoms with van der Waals surface area (Å²) in [4.78, 5) is 0. The van der Waals surface area contributed by atoms with E-state index in [1.54, 1.807) is 6.07 Å². The second-order valence-electron chi connectivity index (χ2n) is 4.43. The number of hydrogen-bond donors (Lipinski definition) is 1. The van der Waals surface area contributed by atoms with Crippen LogP contribution < -0.4 is 5.73 Å². The third-order valence-electron chi connectivity index (χ3n) is 3.04. The van der Waals surface area contributed by atoms with Crippen molar-refractivity contribution in [2.45, 2.75) is 19.6 Å². The van der Waals surface area contributed by atoms with Gasteiger partial charge in [-0.2, -0.15) is 13.2 Å². The fourth-order valence-electron chi connectivity index (χ4n) is 1.97. The molecule has 0 aliphatic carbocycles. The first-order chi connectivity index (χ1) is 8.91. The Balaban J connectivity index is 2.53. The van der Waals surface area contributed by atoms with Crippen LogP contribution in [0.3, 0.4) is 0 Å². The van der Waals surface area contributed by atoms with Crippen molar-refractivity contribution in [1.82, 2.24) is 0 Å². The fourth-order valence-corrected chi connectivity index (χ4v) is 1.97. The SMILES string of the molecule is Cc1ccc(CN)cc1-c1cccc(C(F)(F)F)c1. The van der Waals surface area contributed by atoms with Crippen molar-refractivity contribution in [1.29, 1.82) is 0 Å². The Bertz CT molecular complexity index is 588. The van der Waals surface area contributed by atoms with E-state index in [0.717, 1.165) is 22.8 Å². The molecule has 19 heavy (non-hydrogen) atoms. The molecule has 2 aromatic carbocycles. The van der Waals surface area contributed by atoms with E-state index >= 15 is 0 Å². The highest BCUT2D eigenvalue weighted by Gasteiger charge is 2.30. The minimum atomic E-state index is -4.32. The van der Waals surface area contributed by atoms with Crippen LogP contribution in [0.15, 0.2) is 42.5 Å². The van der Waals surface area contributed by atoms with Gasteiger partial charge in [0.15, 0.2) is 0 Å². The summed E-state index contributed by atoms with van der Waals surface area (Å²) in [7, 11) is 0. The molecule has 0 saturated heterocycles. The van der Waals surface area contributed by atoms with E-state index in [4.69, 9.17) is 5.73 Å². The lowest BCUT2D eigenvalue weighted by atomic mass is 9.96. The van der Waals surface area contributed by atoms with Gasteiger partial charge >= 0.3 is 6.18 Å². The Hall–Kier alpha value is -1.81. The number of alkyl halides is 3. The number of halogens is 3. The monoisotopic (exact) mass is 265 g/mol. The van der Waals surface area contributed by atoms with Crippen LogP contribution in [0.25, 0.3) is 11.1 Å². The molecular formula is C15H14F3N. The summed E-state index contributed by atoms with van der Waals surface area (Å²) >= 11 is 0. The third kappa shape index (κ3) is 2.96. The minimum absolute atomic E-state index is 0.367. The molecule has 0 spiro atoms. The molecule has 0 atom stereocenters. The Morgan fingerprint density at radius 3 is 2.42 bits per heavy atom. The van der Waals surface area contributed by atoms with Crippen LogP contribution in [0, 0.1) is 6.92 Å². The van der Waals surface area contributed by atoms with Gasteiger partial charge in [-0.05, 0) is 47.4 Å². The van der Waals surface area contributed by atoms with Gasteiger partial charge < -0.3 is 5.73 Å². The molecule has 0 aliphatic heterocycles. The third-order valence-corrected chi connectivity index (χ3v) is 3.04. The highest BCUT2D eigenvalue weighted by atomic mass is 19.4. The average Bonchev–Trinajstić information content (AvgIpc) is 2.38. The second kappa shape index (κ2) is 5.05. The van der Waals surface area contributed by atoms with E-state index in [0.29, 0.717) is 12.1 Å². The van der Waals surface area contributed by atoms with Gasteiger partial charge in [0, 0.05) is 6.54 Å². The minimum Gasteiger partial charge on any atom is -0.326 e. The summed E-state index contributed by atoms with van der Waals surface area (Å²) < 4.78 is 38.1. The van der Waals surface area contributed by atoms with Crippen LogP contribution in [0.5, 0.6) is 0 Å². The first kappa shape index (κ1) is 13.6. The first-order valence-electron chi connectivity index (χ1n) is 5.89. The van der Waals surface area contributed by atoms with Crippen molar-refractivity contribution in [3.63, 3.8) is 0 Å². The molecule has 2 N–H and O–H groups in total. The summed E-state index contributed by atoms with van der Waals surface area (Å²) in [6.07, 6.45) is -4.32. The van der Waals surface area contributed by atoms with Crippen LogP contribution in [-0.4, -0.2) is 0 Å². The normalized spacial score (nSPS) is 11.6. The van der Waals surface area contributed by atoms with Gasteiger partial charge in [-0.15, -0.1) is 0 Å². The van der Waals surface area contributed by atoms with E-state index in [1.165, 1.54) is 12.1 Å². The van der Waals surface area contributed by atoms with Crippen LogP contribution in [0.4, 0.5) is 13.2 Å². The van der Waals surface area contributed by atoms with Crippen molar-refractivity contribution in [3.8, 4) is 11.1 Å². The molecule has 2 rings (SSSR count). The Kier molecular flexibility index (Phi) is 3.62. The van der Waals surface area contributed by atoms with Crippen molar-refractivity contribution in [2.24, 2.45) is 5.73 Å². The lowest BCUT2D eigenvalue weighted by molar-refractivity contribution is -0.137. The van der Waals surface area contributed by atoms with Crippen molar-refractivity contribution < 1.29 is 13.2 Å². The maximum absolute atomic E-state index is 12.7. The van der Waals surface area contributed by atoms with Crippen LogP contribution in [0.1, 0.15) is 16.7 Å². The summed E-state index contributed by atoms with van der Waals surface area (Å²) in [6.45, 7) is 2.24. The molecule has 4 heteroatoms. The highest BCUT2D eigenvalue weighted by Crippen LogP contribution is 2.33. The molecule has 0 aliphatic rings. The van der Waals surface area contributed by atoms with Gasteiger partial charge in [0.1, 0.15) is 0 Å². The van der Waals surface area contributed by atoms with E-state index in [9.17, 15) is 13.2 Å². The maximum atomic E-state index is 12.7. The predicted molar refractivity (Wildman–Crippen MR) is 69.5 cm³/mol. The van der Waals surface area contributed by atoms with E-state index in [2.05, 4.69) is 0 Å². The Morgan fingerprint density at radius 1 is 1.05 bits per heavy atom. The number of hydrogen-bond acceptors (Lipinski definition) is 1. The smallest absolute Gasteiger partial charge is 0.326 e. The molecule has 0 fully saturated rings. The zero-order valence-corrected chi connectivity index (χ0v) is 10.5. The lowest BCUT2D eigenvalue weighted by Crippen LogP contribution is -2.04. The Morgan fingerprint density at radius 2 is 1.79 bits per heavy atom. The molecule has 0 bridgehead atoms. The second-order valence-corrected chi connectivity index (χ2v) is 4.43. The Labute approximate surface area is 109 Å². The molecule has 100 valence electrons. The highest BCUT2D eigenvalue weighted by molar-refractivity contribution is 5.68. The summed E-state index contributed by atoms with van der Waals surface area (Å²) in [5.74, 6) is 0. The molecule has 0 unspecified atom stereocenters. The quantitative estimate of drug-likeness (QED) is 0.867. The van der Waals surface area contributed by atoms with Gasteiger partial charge in [-0.3, -0.25) is 0 Å². The molecular weight excluding hydrogens is 251 g/mol. The first-order valence-corrected chi connectivity index (χ1v) is 5.89. The molecule has 0 aromatic heterocycles. The maximum Gasteiger partial charge on any atom is 0.416 e. The number of rotatable bonds is 2. The molecule has 2 aromatic rings. The number of aryl methyl sites for hydroxylation is 1. The fraction of sp³-hybridized carbons (Fsp3) is 0.200. The zero-order valence-electron chi connectivity index (χ0n) is 10.5. The van der Waals surface area contributed by atoms with Gasteiger partial charge in [0.25, 0.3) is 0 Å². The predicted octanol–water partition coefficient (Wildman–Crippen LogP) is 4.14. The lowest BCUT2D eigenvalue weighted by Gasteiger charge is -2.11. The summed E-state index contributed by atoms with van der Waals surface area (Å²) in [5, 5.41) is 0. The van der Waals surface area contributed by atoms with Crippen molar-refractivity contribution in [2.75, 3.05) is 0 Å². The van der Waals surface area contributed by atoms with Gasteiger partial charge in [0.05, 0.1) is 5.56 Å². The molecule has 0 saturated carbocycles. The van der Waals surface area contributed by atoms with Gasteiger partial charge in [-0.1, -0.05) is 24.3 Å². The van der Waals surface area contributed by atoms with Crippen molar-refractivity contribution in [3.05, 3.63) is 59.2 Å². The van der Waals surface area contributed by atoms with Gasteiger partial charge in [-0.25, -0.2) is 0 Å².